The Labute approximate surface area is 447 Å². The van der Waals surface area contributed by atoms with Gasteiger partial charge in [0.15, 0.2) is 6.10 Å². The van der Waals surface area contributed by atoms with Crippen LogP contribution in [0.25, 0.3) is 0 Å². The number of allylic oxidation sites excluding steroid dienone is 10. The maximum Gasteiger partial charge on any atom is 0.306 e. The van der Waals surface area contributed by atoms with Crippen molar-refractivity contribution in [3.05, 3.63) is 60.8 Å². The van der Waals surface area contributed by atoms with Gasteiger partial charge < -0.3 is 14.2 Å². The second-order valence-electron chi connectivity index (χ2n) is 20.9. The van der Waals surface area contributed by atoms with Gasteiger partial charge in [-0.25, -0.2) is 0 Å². The summed E-state index contributed by atoms with van der Waals surface area (Å²) < 4.78 is 16.9. The fourth-order valence-electron chi connectivity index (χ4n) is 9.08. The molecular weight excluding hydrogens is 889 g/mol. The van der Waals surface area contributed by atoms with Gasteiger partial charge in [-0.05, 0) is 83.5 Å². The molecule has 418 valence electrons. The first-order chi connectivity index (χ1) is 35.5. The molecule has 0 rings (SSSR count). The van der Waals surface area contributed by atoms with Crippen LogP contribution in [0.1, 0.15) is 323 Å². The van der Waals surface area contributed by atoms with Gasteiger partial charge >= 0.3 is 17.9 Å². The van der Waals surface area contributed by atoms with Crippen molar-refractivity contribution in [3.8, 4) is 0 Å². The number of esters is 3. The lowest BCUT2D eigenvalue weighted by atomic mass is 10.0. The lowest BCUT2D eigenvalue weighted by molar-refractivity contribution is -0.167. The zero-order valence-corrected chi connectivity index (χ0v) is 47.9. The third-order valence-electron chi connectivity index (χ3n) is 13.8. The number of carbonyl (C=O) groups is 3. The van der Waals surface area contributed by atoms with Gasteiger partial charge in [0.2, 0.25) is 0 Å². The highest BCUT2D eigenvalue weighted by Gasteiger charge is 2.19. The van der Waals surface area contributed by atoms with E-state index in [1.807, 2.05) is 0 Å². The van der Waals surface area contributed by atoms with Crippen molar-refractivity contribution in [2.24, 2.45) is 0 Å². The Morgan fingerprint density at radius 3 is 0.889 bits per heavy atom. The molecule has 0 aliphatic carbocycles. The van der Waals surface area contributed by atoms with Crippen LogP contribution in [0.5, 0.6) is 0 Å². The van der Waals surface area contributed by atoms with Crippen molar-refractivity contribution < 1.29 is 28.6 Å². The van der Waals surface area contributed by atoms with Crippen molar-refractivity contribution in [2.45, 2.75) is 329 Å². The summed E-state index contributed by atoms with van der Waals surface area (Å²) in [6, 6.07) is 0. The van der Waals surface area contributed by atoms with Crippen LogP contribution in [-0.4, -0.2) is 37.2 Å². The van der Waals surface area contributed by atoms with Crippen LogP contribution in [0.15, 0.2) is 60.8 Å². The molecule has 0 heterocycles. The summed E-state index contributed by atoms with van der Waals surface area (Å²) in [5.41, 5.74) is 0. The number of hydrogen-bond acceptors (Lipinski definition) is 6. The summed E-state index contributed by atoms with van der Waals surface area (Å²) in [6.45, 7) is 6.52. The van der Waals surface area contributed by atoms with Crippen LogP contribution in [0.4, 0.5) is 0 Å². The molecule has 0 amide bonds. The normalized spacial score (nSPS) is 12.4. The van der Waals surface area contributed by atoms with Gasteiger partial charge in [0.25, 0.3) is 0 Å². The van der Waals surface area contributed by atoms with Crippen LogP contribution in [0.3, 0.4) is 0 Å². The fraction of sp³-hybridized carbons (Fsp3) is 0.803. The quantitative estimate of drug-likeness (QED) is 0.0261. The van der Waals surface area contributed by atoms with E-state index in [9.17, 15) is 14.4 Å². The summed E-state index contributed by atoms with van der Waals surface area (Å²) in [4.78, 5) is 38.2. The lowest BCUT2D eigenvalue weighted by Gasteiger charge is -2.18. The maximum atomic E-state index is 12.8. The number of ether oxygens (including phenoxy) is 3. The average Bonchev–Trinajstić information content (AvgIpc) is 3.38. The zero-order chi connectivity index (χ0) is 52.2. The molecule has 0 fully saturated rings. The molecule has 6 heteroatoms. The van der Waals surface area contributed by atoms with Crippen LogP contribution in [0.2, 0.25) is 0 Å². The van der Waals surface area contributed by atoms with Crippen molar-refractivity contribution >= 4 is 17.9 Å². The first kappa shape index (κ1) is 69.1. The highest BCUT2D eigenvalue weighted by molar-refractivity contribution is 5.71. The minimum Gasteiger partial charge on any atom is -0.462 e. The van der Waals surface area contributed by atoms with Crippen molar-refractivity contribution in [3.63, 3.8) is 0 Å². The van der Waals surface area contributed by atoms with E-state index < -0.39 is 6.10 Å². The summed E-state index contributed by atoms with van der Waals surface area (Å²) in [6.07, 6.45) is 76.7. The molecular formula is C66H118O6. The van der Waals surface area contributed by atoms with Gasteiger partial charge in [-0.15, -0.1) is 0 Å². The lowest BCUT2D eigenvalue weighted by Crippen LogP contribution is -2.30. The smallest absolute Gasteiger partial charge is 0.306 e. The van der Waals surface area contributed by atoms with Crippen molar-refractivity contribution in [1.29, 1.82) is 0 Å². The summed E-state index contributed by atoms with van der Waals surface area (Å²) in [5, 5.41) is 0. The first-order valence-corrected chi connectivity index (χ1v) is 31.3. The Morgan fingerprint density at radius 2 is 0.542 bits per heavy atom. The molecule has 72 heavy (non-hydrogen) atoms. The Hall–Kier alpha value is -2.89. The minimum atomic E-state index is -0.798. The van der Waals surface area contributed by atoms with Gasteiger partial charge in [-0.2, -0.15) is 0 Å². The Kier molecular flexibility index (Phi) is 58.2. The van der Waals surface area contributed by atoms with Crippen LogP contribution >= 0.6 is 0 Å². The molecule has 0 saturated carbocycles. The molecule has 6 nitrogen and oxygen atoms in total. The molecule has 0 aromatic rings. The molecule has 0 aliphatic rings. The molecule has 1 unspecified atom stereocenters. The first-order valence-electron chi connectivity index (χ1n) is 31.3. The molecule has 0 aromatic heterocycles. The topological polar surface area (TPSA) is 78.9 Å². The van der Waals surface area contributed by atoms with Crippen molar-refractivity contribution in [1.82, 2.24) is 0 Å². The Bertz CT molecular complexity index is 1290. The van der Waals surface area contributed by atoms with Crippen LogP contribution in [-0.2, 0) is 28.6 Å². The standard InChI is InChI=1S/C66H118O6/c1-4-7-10-13-16-19-22-25-28-29-30-31-32-33-34-35-36-37-39-41-44-47-50-53-56-59-65(68)71-62-63(61-70-64(67)58-55-52-49-46-43-40-27-24-21-18-15-12-9-6-3)72-66(69)60-57-54-51-48-45-42-38-26-23-20-17-14-11-8-5-2/h8,11,17,20,24,26-27,38,45,48,63H,4-7,9-10,12-16,18-19,21-23,25,28-37,39-44,46-47,49-62H2,1-3H3/b11-8-,20-17-,27-24-,38-26-,48-45-. The third-order valence-corrected chi connectivity index (χ3v) is 13.8. The van der Waals surface area contributed by atoms with E-state index in [0.29, 0.717) is 19.3 Å². The van der Waals surface area contributed by atoms with E-state index in [4.69, 9.17) is 14.2 Å². The number of carbonyl (C=O) groups excluding carboxylic acids is 3. The van der Waals surface area contributed by atoms with Gasteiger partial charge in [0, 0.05) is 19.3 Å². The van der Waals surface area contributed by atoms with Gasteiger partial charge in [-0.3, -0.25) is 14.4 Å². The van der Waals surface area contributed by atoms with Crippen LogP contribution in [0, 0.1) is 0 Å². The minimum absolute atomic E-state index is 0.0907. The highest BCUT2D eigenvalue weighted by Crippen LogP contribution is 2.17. The molecule has 0 aromatic carbocycles. The number of unbranched alkanes of at least 4 members (excludes halogenated alkanes) is 36. The van der Waals surface area contributed by atoms with E-state index in [1.165, 1.54) is 193 Å². The van der Waals surface area contributed by atoms with Crippen LogP contribution < -0.4 is 0 Å². The predicted octanol–water partition coefficient (Wildman–Crippen LogP) is 21.2. The van der Waals surface area contributed by atoms with Gasteiger partial charge in [0.1, 0.15) is 13.2 Å². The van der Waals surface area contributed by atoms with Gasteiger partial charge in [-0.1, -0.05) is 281 Å². The molecule has 0 radical (unpaired) electrons. The van der Waals surface area contributed by atoms with E-state index in [1.54, 1.807) is 0 Å². The molecule has 0 N–H and O–H groups in total. The second kappa shape index (κ2) is 60.7. The number of rotatable bonds is 57. The number of hydrogen-bond donors (Lipinski definition) is 0. The van der Waals surface area contributed by atoms with Gasteiger partial charge in [0.05, 0.1) is 0 Å². The summed E-state index contributed by atoms with van der Waals surface area (Å²) in [7, 11) is 0. The highest BCUT2D eigenvalue weighted by atomic mass is 16.6. The maximum absolute atomic E-state index is 12.8. The van der Waals surface area contributed by atoms with Crippen molar-refractivity contribution in [2.75, 3.05) is 13.2 Å². The van der Waals surface area contributed by atoms with E-state index >= 15 is 0 Å². The average molecular weight is 1010 g/mol. The fourth-order valence-corrected chi connectivity index (χ4v) is 9.08. The van der Waals surface area contributed by atoms with E-state index in [2.05, 4.69) is 81.5 Å². The molecule has 0 bridgehead atoms. The summed E-state index contributed by atoms with van der Waals surface area (Å²) >= 11 is 0. The molecule has 0 spiro atoms. The predicted molar refractivity (Wildman–Crippen MR) is 312 cm³/mol. The summed E-state index contributed by atoms with van der Waals surface area (Å²) in [5.74, 6) is -0.927. The Morgan fingerprint density at radius 1 is 0.292 bits per heavy atom. The Balaban J connectivity index is 4.28. The molecule has 0 saturated heterocycles. The third kappa shape index (κ3) is 58.0. The van der Waals surface area contributed by atoms with E-state index in [0.717, 1.165) is 83.5 Å². The SMILES string of the molecule is CC/C=C\C/C=C\C/C=C\C/C=C\CCCCC(=O)OC(COC(=O)CCCCCCC/C=C\CCCCCCC)COC(=O)CCCCCCCCCCCCCCCCCCCCCCCCCCC. The molecule has 1 atom stereocenters. The second-order valence-corrected chi connectivity index (χ2v) is 20.9. The largest absolute Gasteiger partial charge is 0.462 e. The zero-order valence-electron chi connectivity index (χ0n) is 47.9. The van der Waals surface area contributed by atoms with E-state index in [-0.39, 0.29) is 37.5 Å². The monoisotopic (exact) mass is 1010 g/mol. The molecule has 0 aliphatic heterocycles.